The number of allylic oxidation sites excluding steroid dienone is 1. The van der Waals surface area contributed by atoms with Crippen LogP contribution in [0.3, 0.4) is 0 Å². The van der Waals surface area contributed by atoms with E-state index in [0.717, 1.165) is 47.7 Å². The van der Waals surface area contributed by atoms with Crippen LogP contribution in [-0.2, 0) is 12.8 Å². The molecule has 0 saturated carbocycles. The molecule has 0 amide bonds. The maximum absolute atomic E-state index is 5.48. The van der Waals surface area contributed by atoms with Crippen LogP contribution in [0.5, 0.6) is 0 Å². The van der Waals surface area contributed by atoms with Crippen molar-refractivity contribution in [1.29, 1.82) is 0 Å². The molecule has 31 heavy (non-hydrogen) atoms. The lowest BCUT2D eigenvalue weighted by atomic mass is 10.1. The molecule has 0 unspecified atom stereocenters. The van der Waals surface area contributed by atoms with Crippen molar-refractivity contribution in [2.75, 3.05) is 13.2 Å². The third-order valence-corrected chi connectivity index (χ3v) is 5.02. The first-order valence-corrected chi connectivity index (χ1v) is 10.8. The van der Waals surface area contributed by atoms with Gasteiger partial charge in [-0.3, -0.25) is 4.99 Å². The first kappa shape index (κ1) is 22.2. The Hall–Kier alpha value is -3.53. The number of rotatable bonds is 12. The van der Waals surface area contributed by atoms with Crippen LogP contribution in [0.15, 0.2) is 107 Å². The molecule has 3 rings (SSSR count). The van der Waals surface area contributed by atoms with E-state index in [4.69, 9.17) is 9.41 Å². The fourth-order valence-electron chi connectivity index (χ4n) is 3.20. The van der Waals surface area contributed by atoms with Crippen LogP contribution in [0.2, 0.25) is 0 Å². The largest absolute Gasteiger partial charge is 0.469 e. The Bertz CT molecular complexity index is 974. The predicted octanol–water partition coefficient (Wildman–Crippen LogP) is 5.61. The van der Waals surface area contributed by atoms with Crippen LogP contribution in [0.1, 0.15) is 30.2 Å². The van der Waals surface area contributed by atoms with Gasteiger partial charge in [-0.1, -0.05) is 74.2 Å². The number of hydrogen-bond acceptors (Lipinski definition) is 4. The summed E-state index contributed by atoms with van der Waals surface area (Å²) in [7, 11) is 0. The first-order valence-electron chi connectivity index (χ1n) is 10.8. The zero-order valence-corrected chi connectivity index (χ0v) is 18.2. The van der Waals surface area contributed by atoms with Gasteiger partial charge in [-0.05, 0) is 41.7 Å². The molecule has 1 heterocycles. The van der Waals surface area contributed by atoms with Gasteiger partial charge in [-0.2, -0.15) is 0 Å². The van der Waals surface area contributed by atoms with Crippen LogP contribution in [0, 0.1) is 0 Å². The van der Waals surface area contributed by atoms with Gasteiger partial charge in [0.15, 0.2) is 0 Å². The van der Waals surface area contributed by atoms with Crippen molar-refractivity contribution in [2.24, 2.45) is 4.99 Å². The molecule has 1 aromatic heterocycles. The van der Waals surface area contributed by atoms with Gasteiger partial charge in [-0.15, -0.1) is 0 Å². The molecule has 0 aliphatic heterocycles. The highest BCUT2D eigenvalue weighted by Gasteiger charge is 2.07. The predicted molar refractivity (Wildman–Crippen MR) is 130 cm³/mol. The summed E-state index contributed by atoms with van der Waals surface area (Å²) in [5, 5.41) is 6.90. The van der Waals surface area contributed by atoms with Gasteiger partial charge in [0.05, 0.1) is 12.0 Å². The Labute approximate surface area is 185 Å². The Morgan fingerprint density at radius 3 is 2.42 bits per heavy atom. The third kappa shape index (κ3) is 7.34. The second-order valence-electron chi connectivity index (χ2n) is 7.27. The summed E-state index contributed by atoms with van der Waals surface area (Å²) in [6.45, 7) is 7.58. The van der Waals surface area contributed by atoms with Crippen molar-refractivity contribution >= 4 is 11.4 Å². The van der Waals surface area contributed by atoms with Gasteiger partial charge in [-0.25, -0.2) is 0 Å². The minimum atomic E-state index is 0.478. The third-order valence-electron chi connectivity index (χ3n) is 5.02. The number of hydrogen-bond donors (Lipinski definition) is 2. The van der Waals surface area contributed by atoms with E-state index in [1.165, 1.54) is 5.56 Å². The number of aliphatic imine (C=N–C) groups is 1. The number of nitrogens with one attached hydrogen (secondary N) is 2. The Morgan fingerprint density at radius 1 is 1.00 bits per heavy atom. The molecule has 3 aromatic rings. The van der Waals surface area contributed by atoms with E-state index in [-0.39, 0.29) is 0 Å². The topological polar surface area (TPSA) is 49.6 Å². The summed E-state index contributed by atoms with van der Waals surface area (Å²) in [4.78, 5) is 4.74. The lowest BCUT2D eigenvalue weighted by molar-refractivity contribution is 0.526. The normalized spacial score (nSPS) is 11.9. The van der Waals surface area contributed by atoms with Crippen LogP contribution in [0.4, 0.5) is 0 Å². The van der Waals surface area contributed by atoms with Crippen molar-refractivity contribution in [2.45, 2.75) is 26.2 Å². The first-order chi connectivity index (χ1) is 15.3. The van der Waals surface area contributed by atoms with Crippen molar-refractivity contribution in [3.63, 3.8) is 0 Å². The molecule has 0 saturated heterocycles. The molecule has 2 N–H and O–H groups in total. The van der Waals surface area contributed by atoms with Crippen molar-refractivity contribution in [3.05, 3.63) is 114 Å². The zero-order valence-electron chi connectivity index (χ0n) is 18.2. The molecule has 0 spiro atoms. The lowest BCUT2D eigenvalue weighted by Crippen LogP contribution is -2.19. The summed E-state index contributed by atoms with van der Waals surface area (Å²) < 4.78 is 5.48. The average Bonchev–Trinajstić information content (AvgIpc) is 3.33. The van der Waals surface area contributed by atoms with Gasteiger partial charge >= 0.3 is 0 Å². The summed E-state index contributed by atoms with van der Waals surface area (Å²) >= 11 is 0. The molecule has 160 valence electrons. The van der Waals surface area contributed by atoms with Gasteiger partial charge in [0.1, 0.15) is 12.4 Å². The molecule has 0 aliphatic carbocycles. The Kier molecular flexibility index (Phi) is 8.74. The van der Waals surface area contributed by atoms with Crippen LogP contribution < -0.4 is 10.6 Å². The number of furan rings is 1. The second kappa shape index (κ2) is 12.2. The minimum Gasteiger partial charge on any atom is -0.469 e. The van der Waals surface area contributed by atoms with E-state index in [2.05, 4.69) is 60.5 Å². The quantitative estimate of drug-likeness (QED) is 0.300. The molecular weight excluding hydrogens is 382 g/mol. The van der Waals surface area contributed by atoms with E-state index in [1.807, 2.05) is 42.6 Å². The second-order valence-corrected chi connectivity index (χ2v) is 7.27. The molecular formula is C27H31N3O. The standard InChI is InChI=1S/C27H31N3O/c1-3-22(2)26(19-25-15-10-18-31-25)30-21-28-20-27(24-13-8-5-9-14-24)29-17-16-23-11-6-4-7-12-23/h4-15,18,20,28-29H,2-3,16-17,19,21H2,1H3/b27-20-,30-26?. The maximum atomic E-state index is 5.48. The molecule has 0 radical (unpaired) electrons. The molecule has 4 heteroatoms. The van der Waals surface area contributed by atoms with Crippen molar-refractivity contribution in [1.82, 2.24) is 10.6 Å². The highest BCUT2D eigenvalue weighted by Crippen LogP contribution is 2.11. The molecule has 0 aliphatic rings. The minimum absolute atomic E-state index is 0.478. The smallest absolute Gasteiger partial charge is 0.109 e. The van der Waals surface area contributed by atoms with E-state index in [0.29, 0.717) is 13.1 Å². The fraction of sp³-hybridized carbons (Fsp3) is 0.222. The Balaban J connectivity index is 1.63. The molecule has 0 fully saturated rings. The molecule has 2 aromatic carbocycles. The van der Waals surface area contributed by atoms with Crippen LogP contribution in [-0.4, -0.2) is 18.9 Å². The van der Waals surface area contributed by atoms with Crippen LogP contribution >= 0.6 is 0 Å². The lowest BCUT2D eigenvalue weighted by Gasteiger charge is -2.13. The summed E-state index contributed by atoms with van der Waals surface area (Å²) in [5.74, 6) is 0.899. The molecule has 4 nitrogen and oxygen atoms in total. The van der Waals surface area contributed by atoms with Gasteiger partial charge in [0.2, 0.25) is 0 Å². The van der Waals surface area contributed by atoms with Gasteiger partial charge in [0.25, 0.3) is 0 Å². The van der Waals surface area contributed by atoms with E-state index in [9.17, 15) is 0 Å². The van der Waals surface area contributed by atoms with E-state index >= 15 is 0 Å². The maximum Gasteiger partial charge on any atom is 0.109 e. The Morgan fingerprint density at radius 2 is 1.74 bits per heavy atom. The summed E-state index contributed by atoms with van der Waals surface area (Å²) in [5.41, 5.74) is 5.51. The summed E-state index contributed by atoms with van der Waals surface area (Å²) in [6, 6.07) is 24.7. The number of nitrogens with zero attached hydrogens (tertiary/aromatic N) is 1. The van der Waals surface area contributed by atoms with E-state index < -0.39 is 0 Å². The van der Waals surface area contributed by atoms with Gasteiger partial charge < -0.3 is 15.1 Å². The molecule has 0 atom stereocenters. The van der Waals surface area contributed by atoms with Crippen molar-refractivity contribution in [3.8, 4) is 0 Å². The summed E-state index contributed by atoms with van der Waals surface area (Å²) in [6.07, 6.45) is 6.18. The average molecular weight is 414 g/mol. The zero-order chi connectivity index (χ0) is 21.7. The van der Waals surface area contributed by atoms with Crippen molar-refractivity contribution < 1.29 is 4.42 Å². The van der Waals surface area contributed by atoms with E-state index in [1.54, 1.807) is 6.26 Å². The monoisotopic (exact) mass is 413 g/mol. The number of benzene rings is 2. The highest BCUT2D eigenvalue weighted by atomic mass is 16.3. The SMILES string of the molecule is C=C(CC)C(Cc1ccco1)=NCN/C=C(\NCCc1ccccc1)c1ccccc1. The highest BCUT2D eigenvalue weighted by molar-refractivity contribution is 6.00. The fourth-order valence-corrected chi connectivity index (χ4v) is 3.20. The van der Waals surface area contributed by atoms with Gasteiger partial charge in [0, 0.05) is 24.9 Å². The molecule has 0 bridgehead atoms. The van der Waals surface area contributed by atoms with Crippen LogP contribution in [0.25, 0.3) is 5.70 Å².